The third kappa shape index (κ3) is 4.17. The molecule has 0 spiro atoms. The van der Waals surface area contributed by atoms with Crippen LogP contribution >= 0.6 is 0 Å². The van der Waals surface area contributed by atoms with E-state index in [1.807, 2.05) is 19.9 Å². The topological polar surface area (TPSA) is 60.9 Å². The smallest absolute Gasteiger partial charge is 0.243 e. The highest BCUT2D eigenvalue weighted by molar-refractivity contribution is 7.89. The summed E-state index contributed by atoms with van der Waals surface area (Å²) in [6.45, 7) is 14.9. The molecule has 4 rings (SSSR count). The minimum atomic E-state index is -3.61. The number of sulfonamides is 1. The van der Waals surface area contributed by atoms with Crippen LogP contribution in [0.25, 0.3) is 0 Å². The number of anilines is 2. The number of fused-ring (bicyclic) bond motifs is 1. The van der Waals surface area contributed by atoms with Gasteiger partial charge in [-0.2, -0.15) is 4.31 Å². The van der Waals surface area contributed by atoms with Gasteiger partial charge >= 0.3 is 0 Å². The van der Waals surface area contributed by atoms with Crippen molar-refractivity contribution < 1.29 is 13.2 Å². The van der Waals surface area contributed by atoms with Crippen molar-refractivity contribution in [2.75, 3.05) is 42.5 Å². The number of rotatable bonds is 4. The third-order valence-corrected chi connectivity index (χ3v) is 8.99. The summed E-state index contributed by atoms with van der Waals surface area (Å²) in [5.74, 6) is -0.0384. The van der Waals surface area contributed by atoms with Crippen LogP contribution in [-0.2, 0) is 20.2 Å². The number of nitrogens with zero attached hydrogens (tertiary/aromatic N) is 3. The standard InChI is InChI=1S/C26H35N3O3S/c1-18(2)25(30)29-17-26(5,6)22-16-21(10-11-24(22)29)33(31,32)28-14-12-27(13-15-28)23-9-7-8-19(3)20(23)4/h7-11,16,18H,12-15,17H2,1-6H3. The fourth-order valence-corrected chi connectivity index (χ4v) is 6.37. The van der Waals surface area contributed by atoms with E-state index >= 15 is 0 Å². The maximum atomic E-state index is 13.5. The van der Waals surface area contributed by atoms with Crippen molar-refractivity contribution in [3.63, 3.8) is 0 Å². The van der Waals surface area contributed by atoms with Gasteiger partial charge in [0, 0.05) is 55.4 Å². The van der Waals surface area contributed by atoms with Crippen molar-refractivity contribution in [2.24, 2.45) is 5.92 Å². The molecular formula is C26H35N3O3S. The number of piperazine rings is 1. The van der Waals surface area contributed by atoms with E-state index in [1.165, 1.54) is 16.8 Å². The Bertz CT molecular complexity index is 1180. The predicted molar refractivity (Wildman–Crippen MR) is 134 cm³/mol. The van der Waals surface area contributed by atoms with E-state index in [-0.39, 0.29) is 17.2 Å². The van der Waals surface area contributed by atoms with Gasteiger partial charge in [-0.05, 0) is 54.8 Å². The number of benzene rings is 2. The monoisotopic (exact) mass is 469 g/mol. The van der Waals surface area contributed by atoms with Crippen LogP contribution in [0, 0.1) is 19.8 Å². The Labute approximate surface area is 198 Å². The van der Waals surface area contributed by atoms with Gasteiger partial charge in [-0.3, -0.25) is 4.79 Å². The van der Waals surface area contributed by atoms with Crippen molar-refractivity contribution in [2.45, 2.75) is 51.9 Å². The number of aryl methyl sites for hydroxylation is 1. The van der Waals surface area contributed by atoms with Gasteiger partial charge in [-0.25, -0.2) is 8.42 Å². The summed E-state index contributed by atoms with van der Waals surface area (Å²) >= 11 is 0. The summed E-state index contributed by atoms with van der Waals surface area (Å²) in [6.07, 6.45) is 0. The number of carbonyl (C=O) groups is 1. The van der Waals surface area contributed by atoms with E-state index in [0.29, 0.717) is 37.6 Å². The molecule has 1 amide bonds. The number of carbonyl (C=O) groups excluding carboxylic acids is 1. The molecule has 2 aromatic carbocycles. The summed E-state index contributed by atoms with van der Waals surface area (Å²) < 4.78 is 28.6. The molecule has 2 aliphatic heterocycles. The Morgan fingerprint density at radius 1 is 0.970 bits per heavy atom. The summed E-state index contributed by atoms with van der Waals surface area (Å²) in [4.78, 5) is 17.1. The molecule has 2 aromatic rings. The Hall–Kier alpha value is -2.38. The average Bonchev–Trinajstić information content (AvgIpc) is 3.05. The van der Waals surface area contributed by atoms with Gasteiger partial charge in [0.15, 0.2) is 0 Å². The van der Waals surface area contributed by atoms with E-state index < -0.39 is 10.0 Å². The van der Waals surface area contributed by atoms with Crippen LogP contribution in [0.5, 0.6) is 0 Å². The second-order valence-corrected chi connectivity index (χ2v) is 12.2. The fraction of sp³-hybridized carbons (Fsp3) is 0.500. The first-order valence-corrected chi connectivity index (χ1v) is 13.1. The van der Waals surface area contributed by atoms with E-state index in [1.54, 1.807) is 21.3 Å². The molecule has 0 aromatic heterocycles. The lowest BCUT2D eigenvalue weighted by Gasteiger charge is -2.36. The van der Waals surface area contributed by atoms with Crippen molar-refractivity contribution in [1.29, 1.82) is 0 Å². The van der Waals surface area contributed by atoms with Gasteiger partial charge in [-0.15, -0.1) is 0 Å². The number of amides is 1. The van der Waals surface area contributed by atoms with E-state index in [9.17, 15) is 13.2 Å². The zero-order chi connectivity index (χ0) is 24.1. The first-order valence-electron chi connectivity index (χ1n) is 11.7. The molecule has 0 bridgehead atoms. The lowest BCUT2D eigenvalue weighted by molar-refractivity contribution is -0.121. The zero-order valence-electron chi connectivity index (χ0n) is 20.6. The summed E-state index contributed by atoms with van der Waals surface area (Å²) in [7, 11) is -3.61. The summed E-state index contributed by atoms with van der Waals surface area (Å²) in [5, 5.41) is 0. The number of hydrogen-bond donors (Lipinski definition) is 0. The Balaban J connectivity index is 1.57. The van der Waals surface area contributed by atoms with Crippen molar-refractivity contribution in [3.05, 3.63) is 53.1 Å². The molecule has 33 heavy (non-hydrogen) atoms. The normalized spacial score (nSPS) is 18.6. The van der Waals surface area contributed by atoms with Crippen LogP contribution < -0.4 is 9.80 Å². The third-order valence-electron chi connectivity index (χ3n) is 7.09. The van der Waals surface area contributed by atoms with Gasteiger partial charge in [0.25, 0.3) is 0 Å². The second-order valence-electron chi connectivity index (χ2n) is 10.3. The Morgan fingerprint density at radius 3 is 2.27 bits per heavy atom. The van der Waals surface area contributed by atoms with Crippen LogP contribution in [0.4, 0.5) is 11.4 Å². The van der Waals surface area contributed by atoms with Gasteiger partial charge < -0.3 is 9.80 Å². The van der Waals surface area contributed by atoms with E-state index in [0.717, 1.165) is 11.3 Å². The molecule has 1 saturated heterocycles. The summed E-state index contributed by atoms with van der Waals surface area (Å²) in [6, 6.07) is 11.5. The minimum absolute atomic E-state index is 0.0694. The zero-order valence-corrected chi connectivity index (χ0v) is 21.4. The molecule has 0 saturated carbocycles. The fourth-order valence-electron chi connectivity index (χ4n) is 4.92. The first kappa shape index (κ1) is 23.8. The number of hydrogen-bond acceptors (Lipinski definition) is 4. The highest BCUT2D eigenvalue weighted by atomic mass is 32.2. The maximum Gasteiger partial charge on any atom is 0.243 e. The largest absolute Gasteiger partial charge is 0.369 e. The molecule has 6 nitrogen and oxygen atoms in total. The second kappa shape index (κ2) is 8.44. The molecule has 2 aliphatic rings. The molecule has 0 radical (unpaired) electrons. The van der Waals surface area contributed by atoms with Crippen LogP contribution in [0.15, 0.2) is 41.3 Å². The van der Waals surface area contributed by atoms with Crippen LogP contribution in [0.1, 0.15) is 44.4 Å². The average molecular weight is 470 g/mol. The van der Waals surface area contributed by atoms with Crippen molar-refractivity contribution >= 4 is 27.3 Å². The minimum Gasteiger partial charge on any atom is -0.369 e. The molecule has 0 N–H and O–H groups in total. The lowest BCUT2D eigenvalue weighted by atomic mass is 9.87. The Morgan fingerprint density at radius 2 is 1.64 bits per heavy atom. The molecule has 7 heteroatoms. The van der Waals surface area contributed by atoms with Gasteiger partial charge in [-0.1, -0.05) is 39.8 Å². The van der Waals surface area contributed by atoms with Crippen LogP contribution in [0.2, 0.25) is 0 Å². The van der Waals surface area contributed by atoms with E-state index in [2.05, 4.69) is 50.8 Å². The van der Waals surface area contributed by atoms with Crippen LogP contribution in [0.3, 0.4) is 0 Å². The molecule has 1 fully saturated rings. The first-order chi connectivity index (χ1) is 15.4. The van der Waals surface area contributed by atoms with Gasteiger partial charge in [0.1, 0.15) is 0 Å². The molecule has 2 heterocycles. The Kier molecular flexibility index (Phi) is 6.08. The summed E-state index contributed by atoms with van der Waals surface area (Å²) in [5.41, 5.74) is 5.13. The molecule has 0 atom stereocenters. The van der Waals surface area contributed by atoms with E-state index in [4.69, 9.17) is 0 Å². The molecular weight excluding hydrogens is 434 g/mol. The van der Waals surface area contributed by atoms with Crippen molar-refractivity contribution in [1.82, 2.24) is 4.31 Å². The van der Waals surface area contributed by atoms with Crippen LogP contribution in [-0.4, -0.2) is 51.4 Å². The van der Waals surface area contributed by atoms with Gasteiger partial charge in [0.2, 0.25) is 15.9 Å². The molecule has 178 valence electrons. The highest BCUT2D eigenvalue weighted by Gasteiger charge is 2.40. The lowest BCUT2D eigenvalue weighted by Crippen LogP contribution is -2.48. The molecule has 0 unspecified atom stereocenters. The van der Waals surface area contributed by atoms with Gasteiger partial charge in [0.05, 0.1) is 4.90 Å². The maximum absolute atomic E-state index is 13.5. The quantitative estimate of drug-likeness (QED) is 0.677. The van der Waals surface area contributed by atoms with Crippen molar-refractivity contribution in [3.8, 4) is 0 Å². The SMILES string of the molecule is Cc1cccc(N2CCN(S(=O)(=O)c3ccc4c(c3)C(C)(C)CN4C(=O)C(C)C)CC2)c1C. The highest BCUT2D eigenvalue weighted by Crippen LogP contribution is 2.42. The predicted octanol–water partition coefficient (Wildman–Crippen LogP) is 4.09. The molecule has 0 aliphatic carbocycles.